The van der Waals surface area contributed by atoms with Crippen LogP contribution in [0.2, 0.25) is 0 Å². The lowest BCUT2D eigenvalue weighted by Gasteiger charge is -2.25. The smallest absolute Gasteiger partial charge is 0.169 e. The van der Waals surface area contributed by atoms with Gasteiger partial charge in [0.15, 0.2) is 11.8 Å². The maximum atomic E-state index is 3.71. The number of halogens is 1. The summed E-state index contributed by atoms with van der Waals surface area (Å²) < 4.78 is 0. The molecule has 0 aliphatic carbocycles. The number of nitrogens with one attached hydrogen (secondary N) is 3. The Morgan fingerprint density at radius 1 is 0.958 bits per heavy atom. The second kappa shape index (κ2) is 6.59. The van der Waals surface area contributed by atoms with Gasteiger partial charge in [0.05, 0.1) is 29.4 Å². The van der Waals surface area contributed by atoms with E-state index in [2.05, 4.69) is 90.3 Å². The van der Waals surface area contributed by atoms with Gasteiger partial charge in [-0.3, -0.25) is 0 Å². The Bertz CT molecular complexity index is 794. The largest absolute Gasteiger partial charge is 1.00 e. The second-order valence-electron chi connectivity index (χ2n) is 6.94. The molecule has 1 atom stereocenters. The van der Waals surface area contributed by atoms with Gasteiger partial charge >= 0.3 is 0 Å². The molecule has 0 fully saturated rings. The molecule has 0 aromatic heterocycles. The topological polar surface area (TPSA) is 38.0 Å². The minimum Gasteiger partial charge on any atom is -1.00 e. The predicted molar refractivity (Wildman–Crippen MR) is 95.6 cm³/mol. The molecule has 4 rings (SSSR count). The van der Waals surface area contributed by atoms with E-state index in [4.69, 9.17) is 0 Å². The van der Waals surface area contributed by atoms with Crippen molar-refractivity contribution in [1.82, 2.24) is 0 Å². The van der Waals surface area contributed by atoms with Gasteiger partial charge in [0.1, 0.15) is 0 Å². The Hall–Kier alpha value is -1.82. The molecule has 2 aliphatic heterocycles. The molecule has 2 aliphatic rings. The third-order valence-electron chi connectivity index (χ3n) is 4.54. The summed E-state index contributed by atoms with van der Waals surface area (Å²) in [5, 5.41) is 7.37. The van der Waals surface area contributed by atoms with Crippen molar-refractivity contribution < 1.29 is 29.0 Å². The number of rotatable bonds is 1. The van der Waals surface area contributed by atoms with E-state index in [9.17, 15) is 0 Å². The summed E-state index contributed by atoms with van der Waals surface area (Å²) in [7, 11) is 0. The van der Waals surface area contributed by atoms with Crippen LogP contribution in [-0.2, 0) is 0 Å². The maximum absolute atomic E-state index is 3.71. The summed E-state index contributed by atoms with van der Waals surface area (Å²) >= 11 is 0. The van der Waals surface area contributed by atoms with Crippen LogP contribution in [0, 0.1) is 0 Å². The van der Waals surface area contributed by atoms with E-state index in [0.29, 0.717) is 0 Å². The van der Waals surface area contributed by atoms with Gasteiger partial charge in [0.2, 0.25) is 0 Å². The minimum absolute atomic E-state index is 0. The van der Waals surface area contributed by atoms with Crippen LogP contribution in [0.3, 0.4) is 0 Å². The number of hydrogen-bond donors (Lipinski definition) is 3. The SMILES string of the molecule is CC1(C)CC2=C(C=[NH+]1)C(c1ccccc1)Nc1ccccc1N2.[I-]. The van der Waals surface area contributed by atoms with Crippen LogP contribution < -0.4 is 39.6 Å². The summed E-state index contributed by atoms with van der Waals surface area (Å²) in [6, 6.07) is 19.2. The molecular formula is C20H22IN3. The highest BCUT2D eigenvalue weighted by atomic mass is 127. The molecule has 124 valence electrons. The first-order chi connectivity index (χ1) is 11.1. The predicted octanol–water partition coefficient (Wildman–Crippen LogP) is -0.143. The van der Waals surface area contributed by atoms with Crippen molar-refractivity contribution in [3.05, 3.63) is 71.4 Å². The van der Waals surface area contributed by atoms with Gasteiger partial charge in [-0.1, -0.05) is 42.5 Å². The molecule has 0 saturated carbocycles. The first kappa shape index (κ1) is 17.0. The normalized spacial score (nSPS) is 20.7. The number of para-hydroxylation sites is 2. The van der Waals surface area contributed by atoms with Crippen LogP contribution in [-0.4, -0.2) is 11.8 Å². The summed E-state index contributed by atoms with van der Waals surface area (Å²) in [5.41, 5.74) is 6.20. The monoisotopic (exact) mass is 431 g/mol. The van der Waals surface area contributed by atoms with Crippen LogP contribution >= 0.6 is 0 Å². The Kier molecular flexibility index (Phi) is 4.67. The molecule has 1 unspecified atom stereocenters. The van der Waals surface area contributed by atoms with Crippen LogP contribution in [0.1, 0.15) is 31.9 Å². The number of hydrogen-bond acceptors (Lipinski definition) is 2. The van der Waals surface area contributed by atoms with Crippen LogP contribution in [0.5, 0.6) is 0 Å². The van der Waals surface area contributed by atoms with Crippen molar-refractivity contribution >= 4 is 17.6 Å². The van der Waals surface area contributed by atoms with Crippen molar-refractivity contribution in [2.45, 2.75) is 31.8 Å². The lowest BCUT2D eigenvalue weighted by molar-refractivity contribution is -0.540. The summed E-state index contributed by atoms with van der Waals surface area (Å²) in [4.78, 5) is 3.55. The van der Waals surface area contributed by atoms with E-state index in [1.54, 1.807) is 0 Å². The molecule has 4 heteroatoms. The van der Waals surface area contributed by atoms with Crippen molar-refractivity contribution in [2.75, 3.05) is 10.6 Å². The van der Waals surface area contributed by atoms with Gasteiger partial charge in [-0.25, -0.2) is 4.99 Å². The van der Waals surface area contributed by atoms with Gasteiger partial charge in [-0.2, -0.15) is 0 Å². The molecule has 2 aromatic rings. The first-order valence-electron chi connectivity index (χ1n) is 8.14. The van der Waals surface area contributed by atoms with Gasteiger partial charge < -0.3 is 34.6 Å². The van der Waals surface area contributed by atoms with Gasteiger partial charge in [-0.15, -0.1) is 0 Å². The van der Waals surface area contributed by atoms with Crippen LogP contribution in [0.25, 0.3) is 0 Å². The second-order valence-corrected chi connectivity index (χ2v) is 6.94. The Labute approximate surface area is 160 Å². The fourth-order valence-electron chi connectivity index (χ4n) is 3.35. The van der Waals surface area contributed by atoms with E-state index in [1.165, 1.54) is 16.8 Å². The zero-order chi connectivity index (χ0) is 15.9. The highest BCUT2D eigenvalue weighted by Crippen LogP contribution is 2.37. The van der Waals surface area contributed by atoms with E-state index in [0.717, 1.165) is 17.8 Å². The van der Waals surface area contributed by atoms with Crippen molar-refractivity contribution in [2.24, 2.45) is 0 Å². The lowest BCUT2D eigenvalue weighted by Crippen LogP contribution is -3.00. The molecule has 2 heterocycles. The molecule has 3 N–H and O–H groups in total. The minimum atomic E-state index is 0. The Morgan fingerprint density at radius 2 is 1.62 bits per heavy atom. The summed E-state index contributed by atoms with van der Waals surface area (Å²) in [6.07, 6.45) is 3.14. The lowest BCUT2D eigenvalue weighted by atomic mass is 9.89. The van der Waals surface area contributed by atoms with Crippen LogP contribution in [0.4, 0.5) is 11.4 Å². The quantitative estimate of drug-likeness (QED) is 0.550. The third-order valence-corrected chi connectivity index (χ3v) is 4.54. The van der Waals surface area contributed by atoms with E-state index in [-0.39, 0.29) is 35.6 Å². The number of anilines is 2. The van der Waals surface area contributed by atoms with Crippen molar-refractivity contribution in [1.29, 1.82) is 0 Å². The van der Waals surface area contributed by atoms with E-state index >= 15 is 0 Å². The highest BCUT2D eigenvalue weighted by Gasteiger charge is 2.34. The molecule has 0 saturated heterocycles. The fraction of sp³-hybridized carbons (Fsp3) is 0.250. The molecule has 0 spiro atoms. The summed E-state index contributed by atoms with van der Waals surface area (Å²) in [5.74, 6) is 0. The molecule has 24 heavy (non-hydrogen) atoms. The molecule has 0 amide bonds. The molecule has 2 aromatic carbocycles. The van der Waals surface area contributed by atoms with Gasteiger partial charge in [0, 0.05) is 19.5 Å². The average Bonchev–Trinajstić information content (AvgIpc) is 2.70. The van der Waals surface area contributed by atoms with E-state index in [1.807, 2.05) is 0 Å². The first-order valence-corrected chi connectivity index (χ1v) is 8.14. The molecular weight excluding hydrogens is 409 g/mol. The zero-order valence-corrected chi connectivity index (χ0v) is 16.1. The van der Waals surface area contributed by atoms with E-state index < -0.39 is 0 Å². The molecule has 3 nitrogen and oxygen atoms in total. The highest BCUT2D eigenvalue weighted by molar-refractivity contribution is 5.85. The van der Waals surface area contributed by atoms with Crippen molar-refractivity contribution in [3.8, 4) is 0 Å². The number of benzene rings is 2. The Balaban J connectivity index is 0.00000169. The number of fused-ring (bicyclic) bond motifs is 1. The van der Waals surface area contributed by atoms with Crippen molar-refractivity contribution in [3.63, 3.8) is 0 Å². The molecule has 0 bridgehead atoms. The zero-order valence-electron chi connectivity index (χ0n) is 13.9. The van der Waals surface area contributed by atoms with Crippen LogP contribution in [0.15, 0.2) is 65.9 Å². The maximum Gasteiger partial charge on any atom is 0.169 e. The average molecular weight is 431 g/mol. The standard InChI is InChI=1S/C20H21N3.HI/c1-20(2)12-18-15(13-21-20)19(14-8-4-3-5-9-14)23-17-11-7-6-10-16(17)22-18;/h3-11,13,19,22-23H,12H2,1-2H3;1H. The summed E-state index contributed by atoms with van der Waals surface area (Å²) in [6.45, 7) is 4.47. The van der Waals surface area contributed by atoms with Gasteiger partial charge in [0.25, 0.3) is 0 Å². The molecule has 0 radical (unpaired) electrons. The third kappa shape index (κ3) is 3.20. The van der Waals surface area contributed by atoms with Gasteiger partial charge in [-0.05, 0) is 17.7 Å². The fourth-order valence-corrected chi connectivity index (χ4v) is 3.35. The Morgan fingerprint density at radius 3 is 2.38 bits per heavy atom.